The molecule has 2 N–H and O–H groups in total. The lowest BCUT2D eigenvalue weighted by molar-refractivity contribution is -0.131. The topological polar surface area (TPSA) is 75.1 Å². The van der Waals surface area contributed by atoms with Crippen molar-refractivity contribution in [3.63, 3.8) is 0 Å². The Morgan fingerprint density at radius 3 is 3.13 bits per heavy atom. The first-order valence-electron chi connectivity index (χ1n) is 4.57. The minimum atomic E-state index is -0.935. The van der Waals surface area contributed by atoms with E-state index >= 15 is 0 Å². The standard InChI is InChI=1S/C10H13N3O2/c1-8-12-6-4-9(13-8)7-11-5-2-3-10(14)15/h2-4,6,11H,5,7H2,1H3,(H,14,15)/b3-2+. The second kappa shape index (κ2) is 5.87. The molecule has 15 heavy (non-hydrogen) atoms. The van der Waals surface area contributed by atoms with Gasteiger partial charge in [0.05, 0.1) is 5.69 Å². The highest BCUT2D eigenvalue weighted by molar-refractivity contribution is 5.79. The van der Waals surface area contributed by atoms with Crippen LogP contribution in [0.1, 0.15) is 11.5 Å². The van der Waals surface area contributed by atoms with Gasteiger partial charge in [0, 0.05) is 25.4 Å². The average Bonchev–Trinajstić information content (AvgIpc) is 2.17. The van der Waals surface area contributed by atoms with Crippen LogP contribution < -0.4 is 5.32 Å². The molecule has 0 unspecified atom stereocenters. The van der Waals surface area contributed by atoms with Crippen molar-refractivity contribution in [2.45, 2.75) is 13.5 Å². The van der Waals surface area contributed by atoms with Gasteiger partial charge in [0.15, 0.2) is 0 Å². The van der Waals surface area contributed by atoms with E-state index in [0.717, 1.165) is 17.6 Å². The highest BCUT2D eigenvalue weighted by Crippen LogP contribution is 1.93. The van der Waals surface area contributed by atoms with Gasteiger partial charge in [-0.25, -0.2) is 14.8 Å². The number of carboxylic acid groups (broad SMARTS) is 1. The van der Waals surface area contributed by atoms with Crippen molar-refractivity contribution in [2.75, 3.05) is 6.54 Å². The van der Waals surface area contributed by atoms with Crippen molar-refractivity contribution in [1.29, 1.82) is 0 Å². The molecule has 5 nitrogen and oxygen atoms in total. The SMILES string of the molecule is Cc1nccc(CNC/C=C/C(=O)O)n1. The molecule has 0 aliphatic carbocycles. The summed E-state index contributed by atoms with van der Waals surface area (Å²) in [4.78, 5) is 18.3. The minimum Gasteiger partial charge on any atom is -0.478 e. The summed E-state index contributed by atoms with van der Waals surface area (Å²) in [5.74, 6) is -0.204. The second-order valence-electron chi connectivity index (χ2n) is 2.97. The number of carbonyl (C=O) groups is 1. The van der Waals surface area contributed by atoms with Gasteiger partial charge in [-0.2, -0.15) is 0 Å². The van der Waals surface area contributed by atoms with Gasteiger partial charge < -0.3 is 10.4 Å². The van der Waals surface area contributed by atoms with Crippen LogP contribution >= 0.6 is 0 Å². The number of carboxylic acids is 1. The first kappa shape index (κ1) is 11.3. The molecule has 0 atom stereocenters. The predicted octanol–water partition coefficient (Wildman–Crippen LogP) is 0.515. The van der Waals surface area contributed by atoms with Crippen LogP contribution in [0.3, 0.4) is 0 Å². The zero-order valence-corrected chi connectivity index (χ0v) is 8.47. The van der Waals surface area contributed by atoms with E-state index < -0.39 is 5.97 Å². The van der Waals surface area contributed by atoms with E-state index in [1.54, 1.807) is 12.3 Å². The molecule has 80 valence electrons. The van der Waals surface area contributed by atoms with Gasteiger partial charge in [-0.1, -0.05) is 6.08 Å². The van der Waals surface area contributed by atoms with Crippen LogP contribution in [0.2, 0.25) is 0 Å². The number of aliphatic carboxylic acids is 1. The summed E-state index contributed by atoms with van der Waals surface area (Å²) in [6.45, 7) is 2.94. The monoisotopic (exact) mass is 207 g/mol. The maximum Gasteiger partial charge on any atom is 0.328 e. The molecule has 0 spiro atoms. The lowest BCUT2D eigenvalue weighted by Gasteiger charge is -2.01. The number of aryl methyl sites for hydroxylation is 1. The van der Waals surface area contributed by atoms with Crippen molar-refractivity contribution < 1.29 is 9.90 Å². The van der Waals surface area contributed by atoms with Crippen molar-refractivity contribution in [1.82, 2.24) is 15.3 Å². The smallest absolute Gasteiger partial charge is 0.328 e. The molecule has 0 amide bonds. The van der Waals surface area contributed by atoms with Crippen LogP contribution in [0.25, 0.3) is 0 Å². The lowest BCUT2D eigenvalue weighted by atomic mass is 10.4. The summed E-state index contributed by atoms with van der Waals surface area (Å²) in [6, 6.07) is 1.82. The van der Waals surface area contributed by atoms with E-state index in [1.165, 1.54) is 0 Å². The van der Waals surface area contributed by atoms with E-state index in [2.05, 4.69) is 15.3 Å². The highest BCUT2D eigenvalue weighted by Gasteiger charge is 1.93. The number of nitrogens with one attached hydrogen (secondary N) is 1. The fourth-order valence-corrected chi connectivity index (χ4v) is 1.05. The van der Waals surface area contributed by atoms with E-state index in [-0.39, 0.29) is 0 Å². The van der Waals surface area contributed by atoms with Crippen molar-refractivity contribution in [3.8, 4) is 0 Å². The largest absolute Gasteiger partial charge is 0.478 e. The van der Waals surface area contributed by atoms with Crippen LogP contribution in [0.5, 0.6) is 0 Å². The number of rotatable bonds is 5. The van der Waals surface area contributed by atoms with Crippen LogP contribution in [-0.4, -0.2) is 27.6 Å². The zero-order chi connectivity index (χ0) is 11.1. The molecule has 0 aliphatic rings. The Balaban J connectivity index is 2.29. The van der Waals surface area contributed by atoms with E-state index in [1.807, 2.05) is 13.0 Å². The van der Waals surface area contributed by atoms with Gasteiger partial charge in [0.2, 0.25) is 0 Å². The molecule has 0 bridgehead atoms. The molecule has 0 saturated heterocycles. The zero-order valence-electron chi connectivity index (χ0n) is 8.47. The van der Waals surface area contributed by atoms with Crippen LogP contribution in [0.15, 0.2) is 24.4 Å². The summed E-state index contributed by atoms with van der Waals surface area (Å²) in [5.41, 5.74) is 0.895. The first-order chi connectivity index (χ1) is 7.18. The summed E-state index contributed by atoms with van der Waals surface area (Å²) >= 11 is 0. The maximum atomic E-state index is 10.1. The molecule has 0 aromatic carbocycles. The van der Waals surface area contributed by atoms with Crippen molar-refractivity contribution in [3.05, 3.63) is 35.9 Å². The van der Waals surface area contributed by atoms with Gasteiger partial charge in [-0.15, -0.1) is 0 Å². The number of aromatic nitrogens is 2. The molecule has 0 saturated carbocycles. The second-order valence-corrected chi connectivity index (χ2v) is 2.97. The number of nitrogens with zero attached hydrogens (tertiary/aromatic N) is 2. The molecule has 0 radical (unpaired) electrons. The molecule has 5 heteroatoms. The lowest BCUT2D eigenvalue weighted by Crippen LogP contribution is -2.14. The average molecular weight is 207 g/mol. The van der Waals surface area contributed by atoms with Crippen molar-refractivity contribution in [2.24, 2.45) is 0 Å². The minimum absolute atomic E-state index is 0.509. The Labute approximate surface area is 87.9 Å². The van der Waals surface area contributed by atoms with E-state index in [0.29, 0.717) is 13.1 Å². The molecule has 1 heterocycles. The van der Waals surface area contributed by atoms with E-state index in [4.69, 9.17) is 5.11 Å². The molecular formula is C10H13N3O2. The number of hydrogen-bond acceptors (Lipinski definition) is 4. The highest BCUT2D eigenvalue weighted by atomic mass is 16.4. The summed E-state index contributed by atoms with van der Waals surface area (Å²) in [5, 5.41) is 11.4. The van der Waals surface area contributed by atoms with Crippen LogP contribution in [0, 0.1) is 6.92 Å². The fraction of sp³-hybridized carbons (Fsp3) is 0.300. The normalized spacial score (nSPS) is 10.7. The summed E-state index contributed by atoms with van der Waals surface area (Å²) < 4.78 is 0. The van der Waals surface area contributed by atoms with Crippen LogP contribution in [0.4, 0.5) is 0 Å². The van der Waals surface area contributed by atoms with E-state index in [9.17, 15) is 4.79 Å². The predicted molar refractivity (Wildman–Crippen MR) is 55.3 cm³/mol. The third kappa shape index (κ3) is 4.87. The third-order valence-electron chi connectivity index (χ3n) is 1.66. The van der Waals surface area contributed by atoms with Gasteiger partial charge in [0.25, 0.3) is 0 Å². The van der Waals surface area contributed by atoms with Crippen LogP contribution in [-0.2, 0) is 11.3 Å². The summed E-state index contributed by atoms with van der Waals surface area (Å²) in [7, 11) is 0. The summed E-state index contributed by atoms with van der Waals surface area (Å²) in [6.07, 6.45) is 4.36. The maximum absolute atomic E-state index is 10.1. The Hall–Kier alpha value is -1.75. The van der Waals surface area contributed by atoms with Gasteiger partial charge in [0.1, 0.15) is 5.82 Å². The molecular weight excluding hydrogens is 194 g/mol. The molecule has 0 aliphatic heterocycles. The molecule has 1 aromatic rings. The Morgan fingerprint density at radius 1 is 1.67 bits per heavy atom. The quantitative estimate of drug-likeness (QED) is 0.543. The number of hydrogen-bond donors (Lipinski definition) is 2. The Bertz CT molecular complexity index is 363. The van der Waals surface area contributed by atoms with Crippen molar-refractivity contribution >= 4 is 5.97 Å². The Morgan fingerprint density at radius 2 is 2.47 bits per heavy atom. The molecule has 1 aromatic heterocycles. The third-order valence-corrected chi connectivity index (χ3v) is 1.66. The Kier molecular flexibility index (Phi) is 4.43. The van der Waals surface area contributed by atoms with Gasteiger partial charge in [-0.3, -0.25) is 0 Å². The fourth-order valence-electron chi connectivity index (χ4n) is 1.05. The van der Waals surface area contributed by atoms with Gasteiger partial charge in [-0.05, 0) is 13.0 Å². The molecule has 0 fully saturated rings. The molecule has 1 rings (SSSR count). The first-order valence-corrected chi connectivity index (χ1v) is 4.57. The van der Waals surface area contributed by atoms with Gasteiger partial charge >= 0.3 is 5.97 Å².